The fraction of sp³-hybridized carbons (Fsp3) is 0.462. The normalized spacial score (nSPS) is 16.8. The summed E-state index contributed by atoms with van der Waals surface area (Å²) in [6, 6.07) is 6.48. The average Bonchev–Trinajstić information content (AvgIpc) is 3.05. The summed E-state index contributed by atoms with van der Waals surface area (Å²) in [4.78, 5) is 14.0. The van der Waals surface area contributed by atoms with Gasteiger partial charge in [0, 0.05) is 30.9 Å². The summed E-state index contributed by atoms with van der Waals surface area (Å²) in [7, 11) is 1.91. The highest BCUT2D eigenvalue weighted by molar-refractivity contribution is 5.95. The van der Waals surface area contributed by atoms with Gasteiger partial charge >= 0.3 is 0 Å². The number of carbonyl (C=O) groups is 1. The molecule has 0 aromatic heterocycles. The number of fused-ring (bicyclic) bond motifs is 1. The lowest BCUT2D eigenvalue weighted by Gasteiger charge is -2.16. The molecular weight excluding hydrogens is 236 g/mol. The molecule has 2 aliphatic rings. The average molecular weight is 253 g/mol. The molecule has 3 nitrogen and oxygen atoms in total. The lowest BCUT2D eigenvalue weighted by molar-refractivity contribution is 0.0785. The fourth-order valence-corrected chi connectivity index (χ4v) is 2.27. The zero-order valence-corrected chi connectivity index (χ0v) is 10.7. The van der Waals surface area contributed by atoms with Gasteiger partial charge in [-0.15, -0.1) is 12.4 Å². The van der Waals surface area contributed by atoms with Crippen LogP contribution in [0.4, 0.5) is 5.69 Å². The molecule has 0 bridgehead atoms. The first kappa shape index (κ1) is 12.2. The molecule has 1 aromatic rings. The van der Waals surface area contributed by atoms with Crippen molar-refractivity contribution in [3.63, 3.8) is 0 Å². The van der Waals surface area contributed by atoms with Crippen molar-refractivity contribution in [3.8, 4) is 0 Å². The van der Waals surface area contributed by atoms with Gasteiger partial charge in [-0.25, -0.2) is 0 Å². The maximum absolute atomic E-state index is 12.1. The molecule has 1 aromatic carbocycles. The minimum atomic E-state index is 0. The van der Waals surface area contributed by atoms with Gasteiger partial charge in [-0.05, 0) is 43.0 Å². The van der Waals surface area contributed by atoms with Gasteiger partial charge in [0.2, 0.25) is 0 Å². The molecule has 1 heterocycles. The van der Waals surface area contributed by atoms with Gasteiger partial charge < -0.3 is 10.2 Å². The van der Waals surface area contributed by atoms with Crippen molar-refractivity contribution >= 4 is 24.0 Å². The second-order valence-electron chi connectivity index (χ2n) is 4.70. The van der Waals surface area contributed by atoms with Gasteiger partial charge in [-0.2, -0.15) is 0 Å². The van der Waals surface area contributed by atoms with Crippen LogP contribution in [0.15, 0.2) is 18.2 Å². The van der Waals surface area contributed by atoms with E-state index in [-0.39, 0.29) is 18.3 Å². The predicted octanol–water partition coefficient (Wildman–Crippen LogP) is 2.31. The van der Waals surface area contributed by atoms with Crippen molar-refractivity contribution in [3.05, 3.63) is 29.3 Å². The highest BCUT2D eigenvalue weighted by atomic mass is 35.5. The van der Waals surface area contributed by atoms with E-state index in [9.17, 15) is 4.79 Å². The molecule has 1 aliphatic carbocycles. The first-order valence-electron chi connectivity index (χ1n) is 5.89. The summed E-state index contributed by atoms with van der Waals surface area (Å²) in [6.45, 7) is 0.992. The third-order valence-corrected chi connectivity index (χ3v) is 3.48. The minimum Gasteiger partial charge on any atom is -0.384 e. The van der Waals surface area contributed by atoms with E-state index in [0.717, 1.165) is 31.4 Å². The first-order valence-corrected chi connectivity index (χ1v) is 5.89. The van der Waals surface area contributed by atoms with E-state index >= 15 is 0 Å². The van der Waals surface area contributed by atoms with Crippen LogP contribution < -0.4 is 5.32 Å². The highest BCUT2D eigenvalue weighted by Crippen LogP contribution is 2.28. The van der Waals surface area contributed by atoms with Gasteiger partial charge in [-0.1, -0.05) is 0 Å². The molecule has 3 rings (SSSR count). The number of rotatable bonds is 2. The first-order chi connectivity index (χ1) is 7.75. The van der Waals surface area contributed by atoms with E-state index in [1.165, 1.54) is 11.3 Å². The number of benzene rings is 1. The summed E-state index contributed by atoms with van der Waals surface area (Å²) >= 11 is 0. The van der Waals surface area contributed by atoms with E-state index in [1.807, 2.05) is 30.1 Å². The van der Waals surface area contributed by atoms with Crippen LogP contribution >= 0.6 is 12.4 Å². The van der Waals surface area contributed by atoms with Crippen molar-refractivity contribution < 1.29 is 4.79 Å². The third-order valence-electron chi connectivity index (χ3n) is 3.48. The van der Waals surface area contributed by atoms with Crippen LogP contribution in [0, 0.1) is 0 Å². The van der Waals surface area contributed by atoms with Crippen molar-refractivity contribution in [2.45, 2.75) is 25.3 Å². The van der Waals surface area contributed by atoms with Crippen LogP contribution in [-0.4, -0.2) is 30.4 Å². The molecule has 0 saturated heterocycles. The van der Waals surface area contributed by atoms with Gasteiger partial charge in [0.25, 0.3) is 5.91 Å². The topological polar surface area (TPSA) is 32.3 Å². The second kappa shape index (κ2) is 4.57. The molecule has 0 spiro atoms. The molecule has 1 aliphatic heterocycles. The van der Waals surface area contributed by atoms with Crippen LogP contribution in [0.25, 0.3) is 0 Å². The van der Waals surface area contributed by atoms with Crippen LogP contribution in [0.3, 0.4) is 0 Å². The second-order valence-corrected chi connectivity index (χ2v) is 4.70. The molecule has 0 atom stereocenters. The number of halogens is 1. The minimum absolute atomic E-state index is 0. The van der Waals surface area contributed by atoms with Gasteiger partial charge in [0.05, 0.1) is 0 Å². The Balaban J connectivity index is 0.00000108. The standard InChI is InChI=1S/C13H16N2O.ClH/c1-15(11-3-4-11)13(16)10-2-5-12-9(8-10)6-7-14-12;/h2,5,8,11,14H,3-4,6-7H2,1H3;1H. The number of carbonyl (C=O) groups excluding carboxylic acids is 1. The van der Waals surface area contributed by atoms with Crippen molar-refractivity contribution in [2.24, 2.45) is 0 Å². The lowest BCUT2D eigenvalue weighted by atomic mass is 10.1. The molecule has 0 radical (unpaired) electrons. The number of amides is 1. The molecule has 4 heteroatoms. The van der Waals surface area contributed by atoms with E-state index in [2.05, 4.69) is 5.32 Å². The van der Waals surface area contributed by atoms with E-state index in [0.29, 0.717) is 6.04 Å². The Bertz CT molecular complexity index is 443. The van der Waals surface area contributed by atoms with Crippen molar-refractivity contribution in [1.29, 1.82) is 0 Å². The van der Waals surface area contributed by atoms with Gasteiger partial charge in [-0.3, -0.25) is 4.79 Å². The Morgan fingerprint density at radius 2 is 2.18 bits per heavy atom. The number of hydrogen-bond acceptors (Lipinski definition) is 2. The van der Waals surface area contributed by atoms with Crippen LogP contribution in [0.5, 0.6) is 0 Å². The maximum Gasteiger partial charge on any atom is 0.253 e. The largest absolute Gasteiger partial charge is 0.384 e. The monoisotopic (exact) mass is 252 g/mol. The van der Waals surface area contributed by atoms with Crippen molar-refractivity contribution in [2.75, 3.05) is 18.9 Å². The molecular formula is C13H17ClN2O. The maximum atomic E-state index is 12.1. The number of hydrogen-bond donors (Lipinski definition) is 1. The Labute approximate surface area is 108 Å². The molecule has 92 valence electrons. The highest BCUT2D eigenvalue weighted by Gasteiger charge is 2.30. The van der Waals surface area contributed by atoms with Crippen LogP contribution in [0.2, 0.25) is 0 Å². The summed E-state index contributed by atoms with van der Waals surface area (Å²) < 4.78 is 0. The van der Waals surface area contributed by atoms with E-state index in [1.54, 1.807) is 0 Å². The summed E-state index contributed by atoms with van der Waals surface area (Å²) in [6.07, 6.45) is 3.35. The van der Waals surface area contributed by atoms with E-state index in [4.69, 9.17) is 0 Å². The lowest BCUT2D eigenvalue weighted by Crippen LogP contribution is -2.28. The third kappa shape index (κ3) is 2.25. The quantitative estimate of drug-likeness (QED) is 0.876. The van der Waals surface area contributed by atoms with Crippen molar-refractivity contribution in [1.82, 2.24) is 4.90 Å². The van der Waals surface area contributed by atoms with Gasteiger partial charge in [0.15, 0.2) is 0 Å². The smallest absolute Gasteiger partial charge is 0.253 e. The number of nitrogens with zero attached hydrogens (tertiary/aromatic N) is 1. The molecule has 0 unspecified atom stereocenters. The fourth-order valence-electron chi connectivity index (χ4n) is 2.27. The molecule has 17 heavy (non-hydrogen) atoms. The van der Waals surface area contributed by atoms with E-state index < -0.39 is 0 Å². The summed E-state index contributed by atoms with van der Waals surface area (Å²) in [5.74, 6) is 0.164. The summed E-state index contributed by atoms with van der Waals surface area (Å²) in [5, 5.41) is 3.31. The SMILES string of the molecule is CN(C(=O)c1ccc2c(c1)CCN2)C1CC1.Cl. The van der Waals surface area contributed by atoms with Crippen LogP contribution in [0.1, 0.15) is 28.8 Å². The van der Waals surface area contributed by atoms with Crippen LogP contribution in [-0.2, 0) is 6.42 Å². The Hall–Kier alpha value is -1.22. The Morgan fingerprint density at radius 3 is 2.88 bits per heavy atom. The zero-order valence-electron chi connectivity index (χ0n) is 9.90. The van der Waals surface area contributed by atoms with Gasteiger partial charge in [0.1, 0.15) is 0 Å². The molecule has 1 N–H and O–H groups in total. The Kier molecular flexibility index (Phi) is 3.29. The molecule has 1 saturated carbocycles. The Morgan fingerprint density at radius 1 is 1.41 bits per heavy atom. The zero-order chi connectivity index (χ0) is 11.1. The predicted molar refractivity (Wildman–Crippen MR) is 71.0 cm³/mol. The summed E-state index contributed by atoms with van der Waals surface area (Å²) in [5.41, 5.74) is 3.29. The molecule has 1 fully saturated rings. The molecule has 1 amide bonds. The number of nitrogens with one attached hydrogen (secondary N) is 1. The number of anilines is 1.